The number of hydrogen-bond donors (Lipinski definition) is 1. The SMILES string of the molecule is NC1CCCC1Sc1ccc(C(F)(F)F)cn1. The standard InChI is InChI=1S/C11H13F3N2S/c12-11(13,14)7-4-5-10(16-6-7)17-9-3-1-2-8(9)15/h4-6,8-9H,1-3,15H2. The molecule has 0 aromatic carbocycles. The Balaban J connectivity index is 2.03. The Morgan fingerprint density at radius 2 is 2.06 bits per heavy atom. The van der Waals surface area contributed by atoms with Gasteiger partial charge in [0, 0.05) is 17.5 Å². The molecule has 6 heteroatoms. The van der Waals surface area contributed by atoms with Gasteiger partial charge < -0.3 is 5.73 Å². The van der Waals surface area contributed by atoms with Crippen LogP contribution in [0.3, 0.4) is 0 Å². The molecule has 0 radical (unpaired) electrons. The minimum Gasteiger partial charge on any atom is -0.327 e. The van der Waals surface area contributed by atoms with Gasteiger partial charge >= 0.3 is 6.18 Å². The van der Waals surface area contributed by atoms with Gasteiger partial charge in [0.05, 0.1) is 10.6 Å². The summed E-state index contributed by atoms with van der Waals surface area (Å²) in [4.78, 5) is 3.83. The summed E-state index contributed by atoms with van der Waals surface area (Å²) < 4.78 is 37.0. The van der Waals surface area contributed by atoms with Gasteiger partial charge in [0.1, 0.15) is 0 Å². The number of alkyl halides is 3. The molecule has 17 heavy (non-hydrogen) atoms. The molecule has 1 aliphatic carbocycles. The summed E-state index contributed by atoms with van der Waals surface area (Å²) in [6.07, 6.45) is -0.366. The molecule has 2 nitrogen and oxygen atoms in total. The molecule has 2 unspecified atom stereocenters. The molecule has 0 bridgehead atoms. The summed E-state index contributed by atoms with van der Waals surface area (Å²) in [5.41, 5.74) is 5.19. The maximum absolute atomic E-state index is 12.3. The third-order valence-corrected chi connectivity index (χ3v) is 4.21. The molecule has 2 N–H and O–H groups in total. The van der Waals surface area contributed by atoms with Crippen LogP contribution in [0.25, 0.3) is 0 Å². The van der Waals surface area contributed by atoms with Crippen molar-refractivity contribution in [3.05, 3.63) is 23.9 Å². The van der Waals surface area contributed by atoms with E-state index in [1.165, 1.54) is 17.8 Å². The molecule has 0 saturated heterocycles. The normalized spacial score (nSPS) is 25.2. The van der Waals surface area contributed by atoms with E-state index in [2.05, 4.69) is 4.98 Å². The molecule has 1 aromatic rings. The smallest absolute Gasteiger partial charge is 0.327 e. The summed E-state index contributed by atoms with van der Waals surface area (Å²) in [6.45, 7) is 0. The Kier molecular flexibility index (Phi) is 3.63. The van der Waals surface area contributed by atoms with Crippen molar-refractivity contribution in [3.63, 3.8) is 0 Å². The summed E-state index contributed by atoms with van der Waals surface area (Å²) in [5, 5.41) is 0.889. The van der Waals surface area contributed by atoms with Gasteiger partial charge in [0.2, 0.25) is 0 Å². The molecular formula is C11H13F3N2S. The lowest BCUT2D eigenvalue weighted by atomic mass is 10.3. The number of rotatable bonds is 2. The van der Waals surface area contributed by atoms with Crippen LogP contribution in [0.2, 0.25) is 0 Å². The van der Waals surface area contributed by atoms with Crippen molar-refractivity contribution >= 4 is 11.8 Å². The highest BCUT2D eigenvalue weighted by molar-refractivity contribution is 7.99. The zero-order valence-electron chi connectivity index (χ0n) is 9.07. The average molecular weight is 262 g/mol. The molecule has 1 aliphatic rings. The monoisotopic (exact) mass is 262 g/mol. The van der Waals surface area contributed by atoms with Gasteiger partial charge in [0.25, 0.3) is 0 Å². The third-order valence-electron chi connectivity index (χ3n) is 2.84. The number of thioether (sulfide) groups is 1. The molecule has 1 heterocycles. The fourth-order valence-electron chi connectivity index (χ4n) is 1.87. The molecule has 0 amide bonds. The summed E-state index contributed by atoms with van der Waals surface area (Å²) >= 11 is 1.48. The van der Waals surface area contributed by atoms with E-state index in [1.807, 2.05) is 0 Å². The zero-order valence-corrected chi connectivity index (χ0v) is 9.89. The Morgan fingerprint density at radius 1 is 1.29 bits per heavy atom. The van der Waals surface area contributed by atoms with Crippen molar-refractivity contribution in [1.29, 1.82) is 0 Å². The van der Waals surface area contributed by atoms with Crippen molar-refractivity contribution in [2.24, 2.45) is 5.73 Å². The fourth-order valence-corrected chi connectivity index (χ4v) is 3.04. The van der Waals surface area contributed by atoms with Gasteiger partial charge in [-0.2, -0.15) is 13.2 Å². The molecule has 0 aliphatic heterocycles. The van der Waals surface area contributed by atoms with Crippen molar-refractivity contribution in [2.45, 2.75) is 41.8 Å². The minimum absolute atomic E-state index is 0.129. The first-order valence-corrected chi connectivity index (χ1v) is 6.30. The summed E-state index contributed by atoms with van der Waals surface area (Å²) in [6, 6.07) is 2.61. The second-order valence-electron chi connectivity index (χ2n) is 4.13. The quantitative estimate of drug-likeness (QED) is 0.890. The molecule has 94 valence electrons. The van der Waals surface area contributed by atoms with Crippen molar-refractivity contribution in [1.82, 2.24) is 4.98 Å². The van der Waals surface area contributed by atoms with E-state index in [-0.39, 0.29) is 11.3 Å². The van der Waals surface area contributed by atoms with E-state index in [0.717, 1.165) is 31.5 Å². The van der Waals surface area contributed by atoms with Gasteiger partial charge in [0.15, 0.2) is 0 Å². The van der Waals surface area contributed by atoms with Crippen LogP contribution in [0.1, 0.15) is 24.8 Å². The Morgan fingerprint density at radius 3 is 2.53 bits per heavy atom. The Labute approximate surface area is 102 Å². The van der Waals surface area contributed by atoms with Crippen LogP contribution >= 0.6 is 11.8 Å². The molecular weight excluding hydrogens is 249 g/mol. The highest BCUT2D eigenvalue weighted by Gasteiger charge is 2.31. The van der Waals surface area contributed by atoms with E-state index in [1.54, 1.807) is 0 Å². The van der Waals surface area contributed by atoms with Gasteiger partial charge in [-0.05, 0) is 25.0 Å². The maximum Gasteiger partial charge on any atom is 0.417 e. The first-order valence-electron chi connectivity index (χ1n) is 5.42. The number of hydrogen-bond acceptors (Lipinski definition) is 3. The number of pyridine rings is 1. The number of nitrogens with two attached hydrogens (primary N) is 1. The predicted molar refractivity (Wildman–Crippen MR) is 60.7 cm³/mol. The largest absolute Gasteiger partial charge is 0.417 e. The Bertz CT molecular complexity index is 377. The molecule has 2 atom stereocenters. The fraction of sp³-hybridized carbons (Fsp3) is 0.545. The molecule has 1 fully saturated rings. The zero-order chi connectivity index (χ0) is 12.5. The lowest BCUT2D eigenvalue weighted by Gasteiger charge is -2.14. The van der Waals surface area contributed by atoms with Crippen LogP contribution in [0, 0.1) is 0 Å². The molecule has 1 aromatic heterocycles. The lowest BCUT2D eigenvalue weighted by Crippen LogP contribution is -2.26. The van der Waals surface area contributed by atoms with E-state index in [9.17, 15) is 13.2 Å². The Hall–Kier alpha value is -0.750. The first-order chi connectivity index (χ1) is 7.97. The summed E-state index contributed by atoms with van der Waals surface area (Å²) in [7, 11) is 0. The summed E-state index contributed by atoms with van der Waals surface area (Å²) in [5.74, 6) is 0. The van der Waals surface area contributed by atoms with E-state index in [0.29, 0.717) is 5.03 Å². The van der Waals surface area contributed by atoms with Gasteiger partial charge in [-0.15, -0.1) is 11.8 Å². The average Bonchev–Trinajstić information content (AvgIpc) is 2.64. The molecule has 0 spiro atoms. The van der Waals surface area contributed by atoms with E-state index in [4.69, 9.17) is 5.73 Å². The lowest BCUT2D eigenvalue weighted by molar-refractivity contribution is -0.137. The third kappa shape index (κ3) is 3.13. The highest BCUT2D eigenvalue weighted by atomic mass is 32.2. The van der Waals surface area contributed by atoms with Crippen LogP contribution in [-0.4, -0.2) is 16.3 Å². The second kappa shape index (κ2) is 4.86. The van der Waals surface area contributed by atoms with Crippen LogP contribution in [0.15, 0.2) is 23.4 Å². The maximum atomic E-state index is 12.3. The highest BCUT2D eigenvalue weighted by Crippen LogP contribution is 2.34. The van der Waals surface area contributed by atoms with Crippen molar-refractivity contribution in [3.8, 4) is 0 Å². The van der Waals surface area contributed by atoms with Gasteiger partial charge in [-0.25, -0.2) is 4.98 Å². The van der Waals surface area contributed by atoms with E-state index < -0.39 is 11.7 Å². The van der Waals surface area contributed by atoms with Crippen LogP contribution in [0.4, 0.5) is 13.2 Å². The minimum atomic E-state index is -4.32. The van der Waals surface area contributed by atoms with Crippen LogP contribution in [0.5, 0.6) is 0 Å². The van der Waals surface area contributed by atoms with Crippen molar-refractivity contribution < 1.29 is 13.2 Å². The molecule has 1 saturated carbocycles. The van der Waals surface area contributed by atoms with E-state index >= 15 is 0 Å². The van der Waals surface area contributed by atoms with Crippen molar-refractivity contribution in [2.75, 3.05) is 0 Å². The second-order valence-corrected chi connectivity index (χ2v) is 5.39. The number of halogens is 3. The van der Waals surface area contributed by atoms with Crippen LogP contribution in [-0.2, 0) is 6.18 Å². The van der Waals surface area contributed by atoms with Gasteiger partial charge in [-0.1, -0.05) is 6.42 Å². The topological polar surface area (TPSA) is 38.9 Å². The number of aromatic nitrogens is 1. The predicted octanol–water partition coefficient (Wildman–Crippen LogP) is 3.07. The van der Waals surface area contributed by atoms with Crippen LogP contribution < -0.4 is 5.73 Å². The number of nitrogens with zero attached hydrogens (tertiary/aromatic N) is 1. The first kappa shape index (κ1) is 12.7. The molecule has 2 rings (SSSR count). The van der Waals surface area contributed by atoms with Gasteiger partial charge in [-0.3, -0.25) is 0 Å².